The Kier molecular flexibility index (Phi) is 17.4. The van der Waals surface area contributed by atoms with Crippen LogP contribution in [0.4, 0.5) is 10.5 Å². The molecule has 1 rings (SSSR count). The van der Waals surface area contributed by atoms with Crippen LogP contribution >= 0.6 is 0 Å². The summed E-state index contributed by atoms with van der Waals surface area (Å²) in [6, 6.07) is 5.14. The summed E-state index contributed by atoms with van der Waals surface area (Å²) in [6.45, 7) is 2.98. The Bertz CT molecular complexity index is 592. The molecule has 32 heavy (non-hydrogen) atoms. The van der Waals surface area contributed by atoms with Crippen molar-refractivity contribution in [3.05, 3.63) is 18.2 Å². The monoisotopic (exact) mass is 448 g/mol. The van der Waals surface area contributed by atoms with E-state index < -0.39 is 0 Å². The number of hydrogen-bond donors (Lipinski definition) is 2. The van der Waals surface area contributed by atoms with Gasteiger partial charge in [-0.25, -0.2) is 4.79 Å². The summed E-state index contributed by atoms with van der Waals surface area (Å²) < 4.78 is 10.5. The summed E-state index contributed by atoms with van der Waals surface area (Å²) in [4.78, 5) is 12.1. The minimum atomic E-state index is -0.200. The zero-order chi connectivity index (χ0) is 23.3. The van der Waals surface area contributed by atoms with Crippen molar-refractivity contribution in [3.63, 3.8) is 0 Å². The third-order valence-electron chi connectivity index (χ3n) is 5.97. The average Bonchev–Trinajstić information content (AvgIpc) is 2.81. The van der Waals surface area contributed by atoms with Crippen molar-refractivity contribution >= 4 is 11.7 Å². The first-order valence-corrected chi connectivity index (χ1v) is 13.0. The maximum Gasteiger partial charge on any atom is 0.319 e. The number of ether oxygens (including phenoxy) is 2. The Balaban J connectivity index is 1.90. The number of carbonyl (C=O) groups excluding carboxylic acids is 1. The lowest BCUT2D eigenvalue weighted by Gasteiger charge is -2.12. The summed E-state index contributed by atoms with van der Waals surface area (Å²) in [7, 11) is 3.18. The fourth-order valence-corrected chi connectivity index (χ4v) is 3.94. The summed E-state index contributed by atoms with van der Waals surface area (Å²) in [5, 5.41) is 5.76. The van der Waals surface area contributed by atoms with Crippen molar-refractivity contribution in [2.75, 3.05) is 26.1 Å². The molecule has 0 aliphatic carbocycles. The minimum Gasteiger partial charge on any atom is -0.497 e. The lowest BCUT2D eigenvalue weighted by molar-refractivity contribution is 0.251. The maximum atomic E-state index is 12.1. The van der Waals surface area contributed by atoms with Crippen LogP contribution in [0.3, 0.4) is 0 Å². The van der Waals surface area contributed by atoms with E-state index in [0.29, 0.717) is 23.7 Å². The number of benzene rings is 1. The van der Waals surface area contributed by atoms with Crippen molar-refractivity contribution < 1.29 is 14.3 Å². The highest BCUT2D eigenvalue weighted by molar-refractivity contribution is 5.91. The van der Waals surface area contributed by atoms with E-state index in [9.17, 15) is 4.79 Å². The highest BCUT2D eigenvalue weighted by Crippen LogP contribution is 2.28. The summed E-state index contributed by atoms with van der Waals surface area (Å²) in [6.07, 6.45) is 21.6. The molecule has 2 N–H and O–H groups in total. The van der Waals surface area contributed by atoms with E-state index in [2.05, 4.69) is 17.6 Å². The minimum absolute atomic E-state index is 0.200. The molecule has 1 aromatic carbocycles. The zero-order valence-electron chi connectivity index (χ0n) is 21.0. The molecule has 0 atom stereocenters. The van der Waals surface area contributed by atoms with Crippen molar-refractivity contribution in [1.82, 2.24) is 5.32 Å². The van der Waals surface area contributed by atoms with Gasteiger partial charge in [-0.3, -0.25) is 0 Å². The van der Waals surface area contributed by atoms with Gasteiger partial charge in [-0.2, -0.15) is 0 Å². The molecule has 0 heterocycles. The van der Waals surface area contributed by atoms with Crippen molar-refractivity contribution in [2.24, 2.45) is 0 Å². The van der Waals surface area contributed by atoms with E-state index in [-0.39, 0.29) is 6.03 Å². The highest BCUT2D eigenvalue weighted by Gasteiger charge is 2.08. The number of amides is 2. The Morgan fingerprint density at radius 2 is 1.22 bits per heavy atom. The first kappa shape index (κ1) is 28.1. The zero-order valence-corrected chi connectivity index (χ0v) is 21.0. The van der Waals surface area contributed by atoms with Crippen molar-refractivity contribution in [1.29, 1.82) is 0 Å². The van der Waals surface area contributed by atoms with Gasteiger partial charge in [0.05, 0.1) is 19.9 Å². The molecule has 0 saturated heterocycles. The van der Waals surface area contributed by atoms with Crippen LogP contribution in [-0.4, -0.2) is 26.8 Å². The third kappa shape index (κ3) is 14.2. The van der Waals surface area contributed by atoms with Crippen LogP contribution in [0, 0.1) is 0 Å². The summed E-state index contributed by atoms with van der Waals surface area (Å²) in [5.74, 6) is 1.28. The fourth-order valence-electron chi connectivity index (χ4n) is 3.94. The second-order valence-corrected chi connectivity index (χ2v) is 8.75. The molecule has 0 radical (unpaired) electrons. The lowest BCUT2D eigenvalue weighted by atomic mass is 10.0. The average molecular weight is 449 g/mol. The van der Waals surface area contributed by atoms with E-state index in [0.717, 1.165) is 6.42 Å². The predicted octanol–water partition coefficient (Wildman–Crippen LogP) is 8.09. The molecule has 2 amide bonds. The maximum absolute atomic E-state index is 12.1. The largest absolute Gasteiger partial charge is 0.497 e. The van der Waals surface area contributed by atoms with Gasteiger partial charge in [0.1, 0.15) is 11.5 Å². The molecule has 0 saturated carbocycles. The van der Waals surface area contributed by atoms with Crippen LogP contribution in [0.2, 0.25) is 0 Å². The molecular weight excluding hydrogens is 400 g/mol. The molecule has 0 unspecified atom stereocenters. The summed E-state index contributed by atoms with van der Waals surface area (Å²) >= 11 is 0. The predicted molar refractivity (Wildman–Crippen MR) is 136 cm³/mol. The van der Waals surface area contributed by atoms with Gasteiger partial charge in [-0.15, -0.1) is 0 Å². The highest BCUT2D eigenvalue weighted by atomic mass is 16.5. The van der Waals surface area contributed by atoms with Gasteiger partial charge in [-0.1, -0.05) is 103 Å². The first-order chi connectivity index (χ1) is 15.7. The topological polar surface area (TPSA) is 59.6 Å². The Hall–Kier alpha value is -1.91. The van der Waals surface area contributed by atoms with Gasteiger partial charge in [0, 0.05) is 12.6 Å². The van der Waals surface area contributed by atoms with Crippen LogP contribution in [0.1, 0.15) is 110 Å². The second-order valence-electron chi connectivity index (χ2n) is 8.75. The van der Waals surface area contributed by atoms with Crippen LogP contribution in [0.15, 0.2) is 18.2 Å². The summed E-state index contributed by atoms with van der Waals surface area (Å²) in [5.41, 5.74) is 0.637. The van der Waals surface area contributed by atoms with Crippen LogP contribution < -0.4 is 20.1 Å². The molecular formula is C27H48N2O3. The number of hydrogen-bond acceptors (Lipinski definition) is 3. The van der Waals surface area contributed by atoms with Crippen LogP contribution in [0.25, 0.3) is 0 Å². The van der Waals surface area contributed by atoms with Gasteiger partial charge in [0.2, 0.25) is 0 Å². The molecule has 1 aromatic rings. The van der Waals surface area contributed by atoms with Gasteiger partial charge in [0.15, 0.2) is 0 Å². The Labute approximate surface area is 197 Å². The lowest BCUT2D eigenvalue weighted by Crippen LogP contribution is -2.29. The number of unbranched alkanes of at least 4 members (excludes halogenated alkanes) is 15. The van der Waals surface area contributed by atoms with E-state index in [4.69, 9.17) is 9.47 Å². The number of methoxy groups -OCH3 is 2. The molecule has 0 aromatic heterocycles. The number of rotatable bonds is 20. The number of nitrogens with one attached hydrogen (secondary N) is 2. The Morgan fingerprint density at radius 3 is 1.69 bits per heavy atom. The van der Waals surface area contributed by atoms with E-state index >= 15 is 0 Å². The van der Waals surface area contributed by atoms with E-state index in [1.165, 1.54) is 96.3 Å². The molecule has 0 fully saturated rings. The van der Waals surface area contributed by atoms with E-state index in [1.807, 2.05) is 0 Å². The molecule has 5 nitrogen and oxygen atoms in total. The first-order valence-electron chi connectivity index (χ1n) is 13.0. The van der Waals surface area contributed by atoms with Gasteiger partial charge in [-0.05, 0) is 18.6 Å². The molecule has 0 bridgehead atoms. The molecule has 5 heteroatoms. The normalized spacial score (nSPS) is 10.7. The van der Waals surface area contributed by atoms with E-state index in [1.54, 1.807) is 32.4 Å². The van der Waals surface area contributed by atoms with Crippen molar-refractivity contribution in [2.45, 2.75) is 110 Å². The third-order valence-corrected chi connectivity index (χ3v) is 5.97. The quantitative estimate of drug-likeness (QED) is 0.198. The van der Waals surface area contributed by atoms with Gasteiger partial charge in [0.25, 0.3) is 0 Å². The standard InChI is InChI=1S/C27H48N2O3/c1-4-5-6-7-8-9-10-11-12-13-14-15-16-17-18-19-22-28-27(30)29-25-21-20-24(31-2)23-26(25)32-3/h20-21,23H,4-19,22H2,1-3H3,(H2,28,29,30). The number of anilines is 1. The number of urea groups is 1. The fraction of sp³-hybridized carbons (Fsp3) is 0.741. The molecule has 184 valence electrons. The van der Waals surface area contributed by atoms with Crippen molar-refractivity contribution in [3.8, 4) is 11.5 Å². The molecule has 0 spiro atoms. The van der Waals surface area contributed by atoms with Crippen LogP contribution in [-0.2, 0) is 0 Å². The molecule has 0 aliphatic rings. The second kappa shape index (κ2) is 19.8. The van der Waals surface area contributed by atoms with Gasteiger partial charge >= 0.3 is 6.03 Å². The van der Waals surface area contributed by atoms with Gasteiger partial charge < -0.3 is 20.1 Å². The smallest absolute Gasteiger partial charge is 0.319 e. The number of carbonyl (C=O) groups is 1. The van der Waals surface area contributed by atoms with Crippen LogP contribution in [0.5, 0.6) is 11.5 Å². The molecule has 0 aliphatic heterocycles. The Morgan fingerprint density at radius 1 is 0.719 bits per heavy atom. The SMILES string of the molecule is CCCCCCCCCCCCCCCCCCNC(=O)Nc1ccc(OC)cc1OC.